The normalized spacial score (nSPS) is 11.0. The molecule has 1 amide bonds. The summed E-state index contributed by atoms with van der Waals surface area (Å²) in [6.45, 7) is 0.588. The fourth-order valence-corrected chi connectivity index (χ4v) is 5.07. The number of fused-ring (bicyclic) bond motifs is 2. The van der Waals surface area contributed by atoms with E-state index in [2.05, 4.69) is 22.5 Å². The van der Waals surface area contributed by atoms with Crippen LogP contribution in [0.15, 0.2) is 103 Å². The Kier molecular flexibility index (Phi) is 6.91. The van der Waals surface area contributed by atoms with Crippen LogP contribution in [0.3, 0.4) is 0 Å². The summed E-state index contributed by atoms with van der Waals surface area (Å²) in [5.41, 5.74) is 4.06. The largest absolute Gasteiger partial charge is 0.478 e. The summed E-state index contributed by atoms with van der Waals surface area (Å²) in [7, 11) is 0. The zero-order valence-corrected chi connectivity index (χ0v) is 22.2. The molecule has 0 aliphatic carbocycles. The monoisotopic (exact) mass is 554 g/mol. The van der Waals surface area contributed by atoms with E-state index in [1.165, 1.54) is 18.2 Å². The molecule has 1 heterocycles. The number of nitrogens with zero attached hydrogens (tertiary/aromatic N) is 3. The second-order valence-corrected chi connectivity index (χ2v) is 9.97. The Bertz CT molecular complexity index is 2040. The van der Waals surface area contributed by atoms with Crippen LogP contribution < -0.4 is 5.32 Å². The van der Waals surface area contributed by atoms with Crippen LogP contribution in [0.2, 0.25) is 0 Å². The van der Waals surface area contributed by atoms with Crippen LogP contribution >= 0.6 is 0 Å². The molecule has 0 unspecified atom stereocenters. The maximum atomic E-state index is 14.3. The van der Waals surface area contributed by atoms with E-state index < -0.39 is 11.8 Å². The third kappa shape index (κ3) is 5.31. The molecule has 42 heavy (non-hydrogen) atoms. The van der Waals surface area contributed by atoms with Gasteiger partial charge in [-0.3, -0.25) is 9.48 Å². The van der Waals surface area contributed by atoms with Crippen molar-refractivity contribution in [1.82, 2.24) is 15.1 Å². The number of hydrogen-bond donors (Lipinski definition) is 2. The first kappa shape index (κ1) is 26.4. The van der Waals surface area contributed by atoms with Crippen molar-refractivity contribution < 1.29 is 19.1 Å². The topological polar surface area (TPSA) is 108 Å². The summed E-state index contributed by atoms with van der Waals surface area (Å²) in [5.74, 6) is -1.95. The molecular weight excluding hydrogens is 531 g/mol. The van der Waals surface area contributed by atoms with Crippen molar-refractivity contribution in [3.8, 4) is 17.2 Å². The van der Waals surface area contributed by atoms with E-state index in [9.17, 15) is 19.2 Å². The molecule has 5 aromatic carbocycles. The molecule has 0 atom stereocenters. The van der Waals surface area contributed by atoms with E-state index in [-0.39, 0.29) is 23.6 Å². The molecule has 0 spiro atoms. The number of nitrogens with one attached hydrogen (secondary N) is 1. The summed E-state index contributed by atoms with van der Waals surface area (Å²) in [6.07, 6.45) is 1.67. The Morgan fingerprint density at radius 1 is 0.857 bits per heavy atom. The minimum atomic E-state index is -1.03. The van der Waals surface area contributed by atoms with Crippen LogP contribution in [0, 0.1) is 17.1 Å². The van der Waals surface area contributed by atoms with Gasteiger partial charge in [-0.15, -0.1) is 0 Å². The lowest BCUT2D eigenvalue weighted by Gasteiger charge is -2.13. The van der Waals surface area contributed by atoms with Gasteiger partial charge in [0.2, 0.25) is 0 Å². The van der Waals surface area contributed by atoms with Gasteiger partial charge in [0.25, 0.3) is 5.91 Å². The van der Waals surface area contributed by atoms with E-state index >= 15 is 0 Å². The summed E-state index contributed by atoms with van der Waals surface area (Å²) >= 11 is 0. The van der Waals surface area contributed by atoms with Crippen LogP contribution in [-0.2, 0) is 13.1 Å². The third-order valence-electron chi connectivity index (χ3n) is 7.14. The molecule has 204 valence electrons. The first-order chi connectivity index (χ1) is 20.4. The Morgan fingerprint density at radius 3 is 2.36 bits per heavy atom. The lowest BCUT2D eigenvalue weighted by Crippen LogP contribution is -2.24. The lowest BCUT2D eigenvalue weighted by molar-refractivity contribution is 0.0696. The number of carboxylic acids is 1. The first-order valence-corrected chi connectivity index (χ1v) is 13.2. The van der Waals surface area contributed by atoms with Gasteiger partial charge in [0.15, 0.2) is 0 Å². The Morgan fingerprint density at radius 2 is 1.60 bits per heavy atom. The van der Waals surface area contributed by atoms with Crippen LogP contribution in [-0.4, -0.2) is 26.8 Å². The number of rotatable bonds is 7. The molecule has 0 fully saturated rings. The molecular formula is C34H23FN4O3. The zero-order valence-electron chi connectivity index (χ0n) is 22.2. The average molecular weight is 555 g/mol. The molecule has 6 rings (SSSR count). The standard InChI is InChI=1S/C34H23FN4O3/c35-30-13-23(17-36)12-27(15-30)28-14-29-19-38-39(20-22-7-8-24-3-1-2-4-26(24)11-22)32(29)31(16-28)33(40)37-18-21-5-9-25(10-6-21)34(41)42/h1-16,19H,18,20H2,(H,37,40)(H,41,42). The van der Waals surface area contributed by atoms with Crippen molar-refractivity contribution >= 4 is 33.6 Å². The van der Waals surface area contributed by atoms with Gasteiger partial charge >= 0.3 is 5.97 Å². The fourth-order valence-electron chi connectivity index (χ4n) is 5.07. The predicted octanol–water partition coefficient (Wildman–Crippen LogP) is 6.54. The molecule has 6 aromatic rings. The first-order valence-electron chi connectivity index (χ1n) is 13.2. The molecule has 0 saturated carbocycles. The quantitative estimate of drug-likeness (QED) is 0.233. The molecule has 0 aliphatic rings. The van der Waals surface area contributed by atoms with Crippen LogP contribution in [0.4, 0.5) is 4.39 Å². The van der Waals surface area contributed by atoms with Gasteiger partial charge in [0, 0.05) is 11.9 Å². The van der Waals surface area contributed by atoms with Gasteiger partial charge in [-0.25, -0.2) is 9.18 Å². The van der Waals surface area contributed by atoms with E-state index in [4.69, 9.17) is 5.11 Å². The van der Waals surface area contributed by atoms with Crippen LogP contribution in [0.5, 0.6) is 0 Å². The van der Waals surface area contributed by atoms with E-state index in [1.54, 1.807) is 35.1 Å². The summed E-state index contributed by atoms with van der Waals surface area (Å²) in [5, 5.41) is 28.9. The zero-order chi connectivity index (χ0) is 29.2. The highest BCUT2D eigenvalue weighted by Crippen LogP contribution is 2.30. The van der Waals surface area contributed by atoms with Gasteiger partial charge in [0.05, 0.1) is 41.0 Å². The van der Waals surface area contributed by atoms with Crippen molar-refractivity contribution in [1.29, 1.82) is 5.26 Å². The van der Waals surface area contributed by atoms with Gasteiger partial charge < -0.3 is 10.4 Å². The highest BCUT2D eigenvalue weighted by Gasteiger charge is 2.18. The van der Waals surface area contributed by atoms with Crippen molar-refractivity contribution in [3.05, 3.63) is 137 Å². The molecule has 0 radical (unpaired) electrons. The Balaban J connectivity index is 1.40. The predicted molar refractivity (Wildman–Crippen MR) is 157 cm³/mol. The van der Waals surface area contributed by atoms with Crippen molar-refractivity contribution in [2.24, 2.45) is 0 Å². The van der Waals surface area contributed by atoms with E-state index in [0.717, 1.165) is 28.0 Å². The number of amides is 1. The maximum absolute atomic E-state index is 14.3. The Hall–Kier alpha value is -5.81. The molecule has 1 aromatic heterocycles. The highest BCUT2D eigenvalue weighted by molar-refractivity contribution is 6.07. The number of aromatic nitrogens is 2. The second kappa shape index (κ2) is 11.0. The smallest absolute Gasteiger partial charge is 0.335 e. The van der Waals surface area contributed by atoms with Crippen molar-refractivity contribution in [3.63, 3.8) is 0 Å². The molecule has 0 bridgehead atoms. The number of hydrogen-bond acceptors (Lipinski definition) is 4. The third-order valence-corrected chi connectivity index (χ3v) is 7.14. The Labute approximate surface area is 240 Å². The minimum Gasteiger partial charge on any atom is -0.478 e. The SMILES string of the molecule is N#Cc1cc(F)cc(-c2cc(C(=O)NCc3ccc(C(=O)O)cc3)c3c(cnn3Cc3ccc4ccccc4c3)c2)c1. The molecule has 7 nitrogen and oxygen atoms in total. The minimum absolute atomic E-state index is 0.156. The number of carbonyl (C=O) groups is 2. The molecule has 8 heteroatoms. The van der Waals surface area contributed by atoms with Crippen molar-refractivity contribution in [2.75, 3.05) is 0 Å². The molecule has 0 saturated heterocycles. The van der Waals surface area contributed by atoms with Gasteiger partial charge in [-0.05, 0) is 81.6 Å². The summed E-state index contributed by atoms with van der Waals surface area (Å²) < 4.78 is 16.1. The van der Waals surface area contributed by atoms with Crippen LogP contribution in [0.1, 0.15) is 37.4 Å². The lowest BCUT2D eigenvalue weighted by atomic mass is 9.98. The summed E-state index contributed by atoms with van der Waals surface area (Å²) in [4.78, 5) is 24.9. The number of nitriles is 1. The van der Waals surface area contributed by atoms with E-state index in [0.29, 0.717) is 34.1 Å². The van der Waals surface area contributed by atoms with E-state index in [1.807, 2.05) is 42.5 Å². The van der Waals surface area contributed by atoms with Crippen LogP contribution in [0.25, 0.3) is 32.8 Å². The number of carboxylic acid groups (broad SMARTS) is 1. The number of aromatic carboxylic acids is 1. The van der Waals surface area contributed by atoms with Gasteiger partial charge in [-0.1, -0.05) is 48.5 Å². The van der Waals surface area contributed by atoms with Gasteiger partial charge in [0.1, 0.15) is 5.82 Å². The number of carbonyl (C=O) groups excluding carboxylic acids is 1. The molecule has 2 N–H and O–H groups in total. The second-order valence-electron chi connectivity index (χ2n) is 9.97. The number of benzene rings is 5. The highest BCUT2D eigenvalue weighted by atomic mass is 19.1. The maximum Gasteiger partial charge on any atom is 0.335 e. The summed E-state index contributed by atoms with van der Waals surface area (Å²) in [6, 6.07) is 30.1. The van der Waals surface area contributed by atoms with Crippen molar-refractivity contribution in [2.45, 2.75) is 13.1 Å². The number of halogens is 1. The molecule has 0 aliphatic heterocycles. The van der Waals surface area contributed by atoms with Gasteiger partial charge in [-0.2, -0.15) is 10.4 Å². The average Bonchev–Trinajstić information content (AvgIpc) is 3.41. The fraction of sp³-hybridized carbons (Fsp3) is 0.0588.